The average molecular weight is 402 g/mol. The molecule has 30 heavy (non-hydrogen) atoms. The summed E-state index contributed by atoms with van der Waals surface area (Å²) in [6, 6.07) is 26.5. The molecular weight excluding hydrogens is 374 g/mol. The maximum Gasteiger partial charge on any atom is 0.323 e. The predicted molar refractivity (Wildman–Crippen MR) is 117 cm³/mol. The van der Waals surface area contributed by atoms with E-state index < -0.39 is 0 Å². The molecule has 0 spiro atoms. The minimum Gasteiger partial charge on any atom is -0.497 e. The van der Waals surface area contributed by atoms with Crippen molar-refractivity contribution >= 4 is 5.97 Å². The Bertz CT molecular complexity index is 948. The van der Waals surface area contributed by atoms with E-state index in [-0.39, 0.29) is 18.1 Å². The minimum absolute atomic E-state index is 0.0444. The van der Waals surface area contributed by atoms with E-state index in [1.54, 1.807) is 7.11 Å². The number of ether oxygens (including phenoxy) is 2. The number of benzene rings is 3. The van der Waals surface area contributed by atoms with Gasteiger partial charge in [0.25, 0.3) is 0 Å². The Morgan fingerprint density at radius 3 is 2.17 bits per heavy atom. The van der Waals surface area contributed by atoms with Gasteiger partial charge in [-0.25, -0.2) is 0 Å². The van der Waals surface area contributed by atoms with Crippen LogP contribution in [0.3, 0.4) is 0 Å². The van der Waals surface area contributed by atoms with Crippen LogP contribution in [0.4, 0.5) is 0 Å². The number of carbonyl (C=O) groups is 1. The molecule has 4 rings (SSSR count). The lowest BCUT2D eigenvalue weighted by Gasteiger charge is -2.41. The smallest absolute Gasteiger partial charge is 0.323 e. The second kappa shape index (κ2) is 9.14. The van der Waals surface area contributed by atoms with Crippen LogP contribution < -0.4 is 4.74 Å². The Kier molecular flexibility index (Phi) is 6.15. The lowest BCUT2D eigenvalue weighted by Crippen LogP contribution is -2.48. The summed E-state index contributed by atoms with van der Waals surface area (Å²) in [6.45, 7) is 2.89. The summed E-state index contributed by atoms with van der Waals surface area (Å²) < 4.78 is 10.9. The Hall–Kier alpha value is -3.11. The Balaban J connectivity index is 1.81. The third-order valence-electron chi connectivity index (χ3n) is 5.70. The van der Waals surface area contributed by atoms with Gasteiger partial charge in [0, 0.05) is 6.54 Å². The summed E-state index contributed by atoms with van der Waals surface area (Å²) in [5.74, 6) is 0.635. The van der Waals surface area contributed by atoms with E-state index in [9.17, 15) is 4.79 Å². The molecule has 0 bridgehead atoms. The zero-order chi connectivity index (χ0) is 20.9. The molecule has 154 valence electrons. The zero-order valence-corrected chi connectivity index (χ0v) is 17.5. The van der Waals surface area contributed by atoms with Gasteiger partial charge >= 0.3 is 5.97 Å². The van der Waals surface area contributed by atoms with Gasteiger partial charge in [0.2, 0.25) is 0 Å². The second-order valence-electron chi connectivity index (χ2n) is 7.50. The molecule has 3 aromatic rings. The van der Waals surface area contributed by atoms with Crippen molar-refractivity contribution in [1.82, 2.24) is 4.90 Å². The molecule has 1 unspecified atom stereocenters. The van der Waals surface area contributed by atoms with Crippen molar-refractivity contribution in [3.63, 3.8) is 0 Å². The van der Waals surface area contributed by atoms with E-state index in [0.717, 1.165) is 22.4 Å². The molecule has 0 fully saturated rings. The molecule has 0 saturated heterocycles. The first-order valence-corrected chi connectivity index (χ1v) is 10.4. The Morgan fingerprint density at radius 1 is 0.967 bits per heavy atom. The SMILES string of the molecule is CCOC(=O)C1Cc2cc(OC)ccc2CN1C(c1ccccc1)c1ccccc1. The maximum atomic E-state index is 13.0. The molecule has 0 radical (unpaired) electrons. The van der Waals surface area contributed by atoms with Crippen LogP contribution >= 0.6 is 0 Å². The molecule has 1 aliphatic rings. The highest BCUT2D eigenvalue weighted by atomic mass is 16.5. The number of hydrogen-bond acceptors (Lipinski definition) is 4. The van der Waals surface area contributed by atoms with Gasteiger partial charge in [-0.05, 0) is 47.7 Å². The van der Waals surface area contributed by atoms with Gasteiger partial charge in [-0.1, -0.05) is 66.7 Å². The van der Waals surface area contributed by atoms with E-state index in [4.69, 9.17) is 9.47 Å². The molecule has 4 heteroatoms. The number of rotatable bonds is 6. The van der Waals surface area contributed by atoms with Crippen molar-refractivity contribution in [2.45, 2.75) is 32.0 Å². The summed E-state index contributed by atoms with van der Waals surface area (Å²) in [4.78, 5) is 15.3. The van der Waals surface area contributed by atoms with Crippen LogP contribution in [0.2, 0.25) is 0 Å². The van der Waals surface area contributed by atoms with Crippen LogP contribution in [0.25, 0.3) is 0 Å². The third kappa shape index (κ3) is 4.10. The standard InChI is InChI=1S/C26H27NO3/c1-3-30-26(28)24-17-22-16-23(29-2)15-14-21(22)18-27(24)25(19-10-6-4-7-11-19)20-12-8-5-9-13-20/h4-16,24-25H,3,17-18H2,1-2H3. The summed E-state index contributed by atoms with van der Waals surface area (Å²) in [5, 5.41) is 0. The topological polar surface area (TPSA) is 38.8 Å². The minimum atomic E-state index is -0.366. The molecule has 0 amide bonds. The number of esters is 1. The number of methoxy groups -OCH3 is 1. The maximum absolute atomic E-state index is 13.0. The molecule has 3 aromatic carbocycles. The van der Waals surface area contributed by atoms with Gasteiger partial charge in [0.05, 0.1) is 19.8 Å². The van der Waals surface area contributed by atoms with Crippen LogP contribution in [0, 0.1) is 0 Å². The van der Waals surface area contributed by atoms with Crippen LogP contribution in [0.15, 0.2) is 78.9 Å². The fourth-order valence-corrected chi connectivity index (χ4v) is 4.28. The Morgan fingerprint density at radius 2 is 1.60 bits per heavy atom. The van der Waals surface area contributed by atoms with Crippen LogP contribution in [0.5, 0.6) is 5.75 Å². The molecule has 0 N–H and O–H groups in total. The molecule has 0 aromatic heterocycles. The second-order valence-corrected chi connectivity index (χ2v) is 7.50. The quantitative estimate of drug-likeness (QED) is 0.558. The van der Waals surface area contributed by atoms with Crippen molar-refractivity contribution < 1.29 is 14.3 Å². The largest absolute Gasteiger partial charge is 0.497 e. The Labute approximate surface area is 178 Å². The highest BCUT2D eigenvalue weighted by Crippen LogP contribution is 2.37. The summed E-state index contributed by atoms with van der Waals surface area (Å²) >= 11 is 0. The van der Waals surface area contributed by atoms with Gasteiger partial charge in [-0.3, -0.25) is 9.69 Å². The van der Waals surface area contributed by atoms with Crippen LogP contribution in [-0.2, 0) is 22.5 Å². The number of nitrogens with zero attached hydrogens (tertiary/aromatic N) is 1. The van der Waals surface area contributed by atoms with E-state index >= 15 is 0 Å². The molecule has 0 aliphatic carbocycles. The lowest BCUT2D eigenvalue weighted by molar-refractivity contribution is -0.151. The van der Waals surface area contributed by atoms with E-state index in [2.05, 4.69) is 35.2 Å². The van der Waals surface area contributed by atoms with Crippen molar-refractivity contribution in [3.8, 4) is 5.75 Å². The van der Waals surface area contributed by atoms with Crippen molar-refractivity contribution in [2.75, 3.05) is 13.7 Å². The first-order valence-electron chi connectivity index (χ1n) is 10.4. The first kappa shape index (κ1) is 20.2. The zero-order valence-electron chi connectivity index (χ0n) is 17.5. The van der Waals surface area contributed by atoms with Crippen molar-refractivity contribution in [3.05, 3.63) is 101 Å². The summed E-state index contributed by atoms with van der Waals surface area (Å²) in [5.41, 5.74) is 4.68. The third-order valence-corrected chi connectivity index (χ3v) is 5.70. The van der Waals surface area contributed by atoms with Gasteiger partial charge in [0.15, 0.2) is 0 Å². The monoisotopic (exact) mass is 401 g/mol. The van der Waals surface area contributed by atoms with Crippen molar-refractivity contribution in [2.24, 2.45) is 0 Å². The highest BCUT2D eigenvalue weighted by molar-refractivity contribution is 5.77. The fourth-order valence-electron chi connectivity index (χ4n) is 4.28. The molecule has 0 saturated carbocycles. The summed E-state index contributed by atoms with van der Waals surface area (Å²) in [6.07, 6.45) is 0.599. The van der Waals surface area contributed by atoms with E-state index in [0.29, 0.717) is 19.6 Å². The number of fused-ring (bicyclic) bond motifs is 1. The van der Waals surface area contributed by atoms with Crippen LogP contribution in [-0.4, -0.2) is 30.6 Å². The molecule has 1 aliphatic heterocycles. The van der Waals surface area contributed by atoms with Gasteiger partial charge in [0.1, 0.15) is 11.8 Å². The van der Waals surface area contributed by atoms with E-state index in [1.807, 2.05) is 55.5 Å². The molecule has 1 atom stereocenters. The van der Waals surface area contributed by atoms with Gasteiger partial charge < -0.3 is 9.47 Å². The fraction of sp³-hybridized carbons (Fsp3) is 0.269. The van der Waals surface area contributed by atoms with Gasteiger partial charge in [-0.2, -0.15) is 0 Å². The molecular formula is C26H27NO3. The molecule has 1 heterocycles. The van der Waals surface area contributed by atoms with Crippen molar-refractivity contribution in [1.29, 1.82) is 0 Å². The molecule has 4 nitrogen and oxygen atoms in total. The number of carbonyl (C=O) groups excluding carboxylic acids is 1. The van der Waals surface area contributed by atoms with Gasteiger partial charge in [-0.15, -0.1) is 0 Å². The van der Waals surface area contributed by atoms with Crippen LogP contribution in [0.1, 0.15) is 35.2 Å². The normalized spacial score (nSPS) is 16.2. The van der Waals surface area contributed by atoms with E-state index in [1.165, 1.54) is 5.56 Å². The highest BCUT2D eigenvalue weighted by Gasteiger charge is 2.38. The lowest BCUT2D eigenvalue weighted by atomic mass is 9.88. The summed E-state index contributed by atoms with van der Waals surface area (Å²) in [7, 11) is 1.67. The average Bonchev–Trinajstić information content (AvgIpc) is 2.80. The predicted octanol–water partition coefficient (Wildman–Crippen LogP) is 4.77. The number of hydrogen-bond donors (Lipinski definition) is 0. The first-order chi connectivity index (χ1) is 14.7.